The third kappa shape index (κ3) is 4.06. The predicted molar refractivity (Wildman–Crippen MR) is 110 cm³/mol. The minimum Gasteiger partial charge on any atom is -0.370 e. The summed E-state index contributed by atoms with van der Waals surface area (Å²) < 4.78 is 13.7. The highest BCUT2D eigenvalue weighted by Gasteiger charge is 2.07. The lowest BCUT2D eigenvalue weighted by molar-refractivity contribution is 0.610. The molecule has 0 amide bonds. The van der Waals surface area contributed by atoms with E-state index in [1.807, 2.05) is 49.4 Å². The maximum atomic E-state index is 13.7. The second kappa shape index (κ2) is 8.00. The number of fused-ring (bicyclic) bond motifs is 1. The quantitative estimate of drug-likeness (QED) is 0.505. The molecule has 140 valence electrons. The van der Waals surface area contributed by atoms with Crippen molar-refractivity contribution in [1.82, 2.24) is 15.0 Å². The minimum atomic E-state index is -0.186. The fourth-order valence-corrected chi connectivity index (χ4v) is 3.07. The average Bonchev–Trinajstić information content (AvgIpc) is 2.69. The highest BCUT2D eigenvalue weighted by atomic mass is 19.1. The van der Waals surface area contributed by atoms with Crippen molar-refractivity contribution in [2.75, 3.05) is 17.2 Å². The van der Waals surface area contributed by atoms with Crippen LogP contribution in [0.15, 0.2) is 66.9 Å². The van der Waals surface area contributed by atoms with Crippen molar-refractivity contribution in [3.63, 3.8) is 0 Å². The second-order valence-electron chi connectivity index (χ2n) is 6.49. The summed E-state index contributed by atoms with van der Waals surface area (Å²) in [5.74, 6) is 1.00. The average molecular weight is 373 g/mol. The van der Waals surface area contributed by atoms with Crippen molar-refractivity contribution in [3.05, 3.63) is 83.9 Å². The number of aromatic nitrogens is 3. The zero-order valence-corrected chi connectivity index (χ0v) is 15.5. The molecule has 5 nitrogen and oxygen atoms in total. The lowest BCUT2D eigenvalue weighted by Crippen LogP contribution is -2.09. The topological polar surface area (TPSA) is 62.7 Å². The van der Waals surface area contributed by atoms with Crippen LogP contribution in [0.25, 0.3) is 10.9 Å². The molecule has 4 rings (SSSR count). The highest BCUT2D eigenvalue weighted by Crippen LogP contribution is 2.23. The summed E-state index contributed by atoms with van der Waals surface area (Å²) in [6.07, 6.45) is 2.34. The Balaban J connectivity index is 1.50. The Kier molecular flexibility index (Phi) is 5.10. The van der Waals surface area contributed by atoms with Crippen LogP contribution in [0.2, 0.25) is 0 Å². The Morgan fingerprint density at radius 1 is 0.964 bits per heavy atom. The maximum Gasteiger partial charge on any atom is 0.229 e. The number of hydrogen-bond acceptors (Lipinski definition) is 5. The molecule has 2 heterocycles. The molecule has 0 radical (unpaired) electrons. The van der Waals surface area contributed by atoms with Gasteiger partial charge in [0, 0.05) is 29.9 Å². The zero-order chi connectivity index (χ0) is 19.3. The Bertz CT molecular complexity index is 1110. The van der Waals surface area contributed by atoms with Gasteiger partial charge in [0.15, 0.2) is 0 Å². The molecular formula is C22H20FN5. The van der Waals surface area contributed by atoms with Gasteiger partial charge in [-0.25, -0.2) is 9.37 Å². The van der Waals surface area contributed by atoms with Crippen molar-refractivity contribution in [2.24, 2.45) is 0 Å². The summed E-state index contributed by atoms with van der Waals surface area (Å²) in [5, 5.41) is 7.56. The molecule has 28 heavy (non-hydrogen) atoms. The second-order valence-corrected chi connectivity index (χ2v) is 6.49. The third-order valence-corrected chi connectivity index (χ3v) is 4.39. The summed E-state index contributed by atoms with van der Waals surface area (Å²) in [5.41, 5.74) is 3.23. The summed E-state index contributed by atoms with van der Waals surface area (Å²) >= 11 is 0. The minimum absolute atomic E-state index is 0.186. The van der Waals surface area contributed by atoms with Crippen LogP contribution in [-0.4, -0.2) is 21.5 Å². The number of hydrogen-bond donors (Lipinski definition) is 2. The lowest BCUT2D eigenvalue weighted by atomic mass is 10.1. The standard InChI is InChI=1S/C22H20FN5/c1-15-14-20(24-13-11-16-6-2-3-9-18(16)23)28-22(26-15)27-19-10-4-7-17-8-5-12-25-21(17)19/h2-10,12,14H,11,13H2,1H3,(H2,24,26,27,28). The molecule has 2 aromatic carbocycles. The molecule has 0 bridgehead atoms. The van der Waals surface area contributed by atoms with E-state index in [9.17, 15) is 4.39 Å². The van der Waals surface area contributed by atoms with Gasteiger partial charge < -0.3 is 10.6 Å². The summed E-state index contributed by atoms with van der Waals surface area (Å²) in [6, 6.07) is 18.5. The molecule has 0 fully saturated rings. The van der Waals surface area contributed by atoms with E-state index in [1.54, 1.807) is 18.3 Å². The number of benzene rings is 2. The van der Waals surface area contributed by atoms with E-state index in [0.29, 0.717) is 30.3 Å². The van der Waals surface area contributed by atoms with Crippen molar-refractivity contribution < 1.29 is 4.39 Å². The molecule has 6 heteroatoms. The molecule has 0 saturated carbocycles. The van der Waals surface area contributed by atoms with Crippen LogP contribution < -0.4 is 10.6 Å². The number of nitrogens with one attached hydrogen (secondary N) is 2. The smallest absolute Gasteiger partial charge is 0.229 e. The third-order valence-electron chi connectivity index (χ3n) is 4.39. The van der Waals surface area contributed by atoms with Crippen molar-refractivity contribution in [2.45, 2.75) is 13.3 Å². The first kappa shape index (κ1) is 17.9. The van der Waals surface area contributed by atoms with E-state index in [0.717, 1.165) is 22.3 Å². The number of pyridine rings is 1. The Hall–Kier alpha value is -3.54. The van der Waals surface area contributed by atoms with Crippen LogP contribution in [-0.2, 0) is 6.42 Å². The molecule has 2 aromatic heterocycles. The van der Waals surface area contributed by atoms with E-state index in [1.165, 1.54) is 6.07 Å². The zero-order valence-electron chi connectivity index (χ0n) is 15.5. The van der Waals surface area contributed by atoms with Gasteiger partial charge in [-0.2, -0.15) is 4.98 Å². The number of rotatable bonds is 6. The Morgan fingerprint density at radius 2 is 1.82 bits per heavy atom. The van der Waals surface area contributed by atoms with E-state index in [-0.39, 0.29) is 5.82 Å². The van der Waals surface area contributed by atoms with E-state index < -0.39 is 0 Å². The van der Waals surface area contributed by atoms with Gasteiger partial charge in [-0.15, -0.1) is 0 Å². The van der Waals surface area contributed by atoms with Crippen molar-refractivity contribution >= 4 is 28.4 Å². The molecule has 0 atom stereocenters. The van der Waals surface area contributed by atoms with Gasteiger partial charge in [-0.05, 0) is 37.1 Å². The first-order valence-electron chi connectivity index (χ1n) is 9.13. The van der Waals surface area contributed by atoms with Gasteiger partial charge in [0.25, 0.3) is 0 Å². The highest BCUT2D eigenvalue weighted by molar-refractivity contribution is 5.91. The largest absolute Gasteiger partial charge is 0.370 e. The summed E-state index contributed by atoms with van der Waals surface area (Å²) in [7, 11) is 0. The molecule has 0 spiro atoms. The SMILES string of the molecule is Cc1cc(NCCc2ccccc2F)nc(Nc2cccc3cccnc23)n1. The summed E-state index contributed by atoms with van der Waals surface area (Å²) in [6.45, 7) is 2.49. The van der Waals surface area contributed by atoms with E-state index in [4.69, 9.17) is 0 Å². The molecule has 0 saturated heterocycles. The predicted octanol–water partition coefficient (Wildman–Crippen LogP) is 4.87. The number of para-hydroxylation sites is 1. The Labute approximate surface area is 162 Å². The van der Waals surface area contributed by atoms with Gasteiger partial charge in [0.05, 0.1) is 11.2 Å². The number of aryl methyl sites for hydroxylation is 1. The van der Waals surface area contributed by atoms with Gasteiger partial charge in [0.2, 0.25) is 5.95 Å². The van der Waals surface area contributed by atoms with Crippen LogP contribution in [0, 0.1) is 12.7 Å². The molecule has 2 N–H and O–H groups in total. The Morgan fingerprint density at radius 3 is 2.71 bits per heavy atom. The number of nitrogens with zero attached hydrogens (tertiary/aromatic N) is 3. The van der Waals surface area contributed by atoms with Crippen LogP contribution >= 0.6 is 0 Å². The molecule has 4 aromatic rings. The van der Waals surface area contributed by atoms with Crippen molar-refractivity contribution in [3.8, 4) is 0 Å². The molecular weight excluding hydrogens is 353 g/mol. The van der Waals surface area contributed by atoms with Gasteiger partial charge in [0.1, 0.15) is 11.6 Å². The molecule has 0 aliphatic carbocycles. The van der Waals surface area contributed by atoms with Crippen LogP contribution in [0.1, 0.15) is 11.3 Å². The van der Waals surface area contributed by atoms with Crippen molar-refractivity contribution in [1.29, 1.82) is 0 Å². The van der Waals surface area contributed by atoms with Crippen LogP contribution in [0.5, 0.6) is 0 Å². The fourth-order valence-electron chi connectivity index (χ4n) is 3.07. The van der Waals surface area contributed by atoms with Crippen LogP contribution in [0.3, 0.4) is 0 Å². The van der Waals surface area contributed by atoms with Gasteiger partial charge in [-0.3, -0.25) is 4.98 Å². The van der Waals surface area contributed by atoms with E-state index in [2.05, 4.69) is 25.6 Å². The fraction of sp³-hybridized carbons (Fsp3) is 0.136. The first-order valence-corrected chi connectivity index (χ1v) is 9.13. The number of anilines is 3. The maximum absolute atomic E-state index is 13.7. The lowest BCUT2D eigenvalue weighted by Gasteiger charge is -2.11. The van der Waals surface area contributed by atoms with Crippen LogP contribution in [0.4, 0.5) is 21.8 Å². The number of halogens is 1. The molecule has 0 aliphatic heterocycles. The normalized spacial score (nSPS) is 10.8. The van der Waals surface area contributed by atoms with Gasteiger partial charge in [-0.1, -0.05) is 36.4 Å². The first-order chi connectivity index (χ1) is 13.7. The van der Waals surface area contributed by atoms with Gasteiger partial charge >= 0.3 is 0 Å². The molecule has 0 unspecified atom stereocenters. The molecule has 0 aliphatic rings. The van der Waals surface area contributed by atoms with E-state index >= 15 is 0 Å². The monoisotopic (exact) mass is 373 g/mol. The summed E-state index contributed by atoms with van der Waals surface area (Å²) in [4.78, 5) is 13.4.